The van der Waals surface area contributed by atoms with Gasteiger partial charge < -0.3 is 4.90 Å². The molecule has 2 heterocycles. The van der Waals surface area contributed by atoms with Gasteiger partial charge in [-0.25, -0.2) is 9.97 Å². The summed E-state index contributed by atoms with van der Waals surface area (Å²) in [4.78, 5) is 15.7. The fourth-order valence-corrected chi connectivity index (χ4v) is 2.77. The summed E-state index contributed by atoms with van der Waals surface area (Å²) < 4.78 is 0. The minimum Gasteiger partial charge on any atom is -0.354 e. The van der Waals surface area contributed by atoms with Crippen LogP contribution >= 0.6 is 0 Å². The van der Waals surface area contributed by atoms with Crippen molar-refractivity contribution in [3.05, 3.63) is 48.2 Å². The van der Waals surface area contributed by atoms with Gasteiger partial charge in [-0.1, -0.05) is 18.9 Å². The highest BCUT2D eigenvalue weighted by molar-refractivity contribution is 5.37. The molecule has 0 N–H and O–H groups in total. The Kier molecular flexibility index (Phi) is 3.90. The van der Waals surface area contributed by atoms with E-state index in [1.54, 1.807) is 0 Å². The van der Waals surface area contributed by atoms with Gasteiger partial charge in [-0.05, 0) is 31.0 Å². The van der Waals surface area contributed by atoms with Crippen LogP contribution in [0, 0.1) is 0 Å². The molecule has 4 nitrogen and oxygen atoms in total. The lowest BCUT2D eigenvalue weighted by atomic mass is 10.1. The van der Waals surface area contributed by atoms with Gasteiger partial charge in [0.05, 0.1) is 12.2 Å². The summed E-state index contributed by atoms with van der Waals surface area (Å²) in [5, 5.41) is 0. The lowest BCUT2D eigenvalue weighted by molar-refractivity contribution is 0.664. The summed E-state index contributed by atoms with van der Waals surface area (Å²) in [5.74, 6) is 2.54. The van der Waals surface area contributed by atoms with Crippen LogP contribution in [0.3, 0.4) is 0 Å². The number of aromatic nitrogens is 3. The van der Waals surface area contributed by atoms with Gasteiger partial charge in [-0.2, -0.15) is 0 Å². The SMILES string of the molecule is CN(Cc1ccccn1)c1ccnc(C2CCCC2)n1. The summed E-state index contributed by atoms with van der Waals surface area (Å²) in [6, 6.07) is 7.96. The van der Waals surface area contributed by atoms with Crippen molar-refractivity contribution < 1.29 is 0 Å². The average Bonchev–Trinajstić information content (AvgIpc) is 3.03. The zero-order chi connectivity index (χ0) is 13.8. The molecule has 0 aromatic carbocycles. The van der Waals surface area contributed by atoms with E-state index >= 15 is 0 Å². The molecule has 0 amide bonds. The monoisotopic (exact) mass is 268 g/mol. The lowest BCUT2D eigenvalue weighted by Gasteiger charge is -2.19. The van der Waals surface area contributed by atoms with Crippen LogP contribution in [0.1, 0.15) is 43.1 Å². The molecule has 104 valence electrons. The Bertz CT molecular complexity index is 549. The van der Waals surface area contributed by atoms with E-state index in [0.29, 0.717) is 5.92 Å². The van der Waals surface area contributed by atoms with Crippen LogP contribution in [0.4, 0.5) is 5.82 Å². The van der Waals surface area contributed by atoms with Gasteiger partial charge in [0.1, 0.15) is 11.6 Å². The van der Waals surface area contributed by atoms with Crippen molar-refractivity contribution in [1.29, 1.82) is 0 Å². The van der Waals surface area contributed by atoms with Gasteiger partial charge in [0, 0.05) is 25.4 Å². The van der Waals surface area contributed by atoms with Gasteiger partial charge in [0.2, 0.25) is 0 Å². The van der Waals surface area contributed by atoms with Crippen LogP contribution in [0.25, 0.3) is 0 Å². The number of anilines is 1. The first-order chi connectivity index (χ1) is 9.83. The third-order valence-electron chi connectivity index (χ3n) is 3.90. The van der Waals surface area contributed by atoms with Gasteiger partial charge in [0.25, 0.3) is 0 Å². The van der Waals surface area contributed by atoms with E-state index in [1.165, 1.54) is 25.7 Å². The second-order valence-electron chi connectivity index (χ2n) is 5.43. The summed E-state index contributed by atoms with van der Waals surface area (Å²) in [5.41, 5.74) is 1.05. The van der Waals surface area contributed by atoms with Crippen molar-refractivity contribution >= 4 is 5.82 Å². The topological polar surface area (TPSA) is 41.9 Å². The second kappa shape index (κ2) is 5.99. The number of hydrogen-bond donors (Lipinski definition) is 0. The fraction of sp³-hybridized carbons (Fsp3) is 0.438. The maximum atomic E-state index is 4.74. The van der Waals surface area contributed by atoms with Crippen molar-refractivity contribution in [2.75, 3.05) is 11.9 Å². The first kappa shape index (κ1) is 13.0. The van der Waals surface area contributed by atoms with Crippen molar-refractivity contribution in [3.63, 3.8) is 0 Å². The smallest absolute Gasteiger partial charge is 0.133 e. The van der Waals surface area contributed by atoms with E-state index in [-0.39, 0.29) is 0 Å². The summed E-state index contributed by atoms with van der Waals surface area (Å²) in [6.45, 7) is 0.766. The van der Waals surface area contributed by atoms with Crippen LogP contribution in [0.2, 0.25) is 0 Å². The zero-order valence-corrected chi connectivity index (χ0v) is 11.9. The average molecular weight is 268 g/mol. The Balaban J connectivity index is 1.74. The predicted molar refractivity (Wildman–Crippen MR) is 79.6 cm³/mol. The Morgan fingerprint density at radius 2 is 1.95 bits per heavy atom. The van der Waals surface area contributed by atoms with Crippen LogP contribution in [-0.2, 0) is 6.54 Å². The highest BCUT2D eigenvalue weighted by Gasteiger charge is 2.20. The molecule has 0 atom stereocenters. The number of pyridine rings is 1. The van der Waals surface area contributed by atoms with E-state index < -0.39 is 0 Å². The Morgan fingerprint density at radius 3 is 2.70 bits per heavy atom. The molecule has 0 spiro atoms. The molecule has 2 aromatic heterocycles. The molecule has 1 aliphatic carbocycles. The molecule has 1 fully saturated rings. The van der Waals surface area contributed by atoms with E-state index in [2.05, 4.69) is 21.9 Å². The second-order valence-corrected chi connectivity index (χ2v) is 5.43. The minimum absolute atomic E-state index is 0.554. The Labute approximate surface area is 119 Å². The van der Waals surface area contributed by atoms with Crippen LogP contribution in [0.5, 0.6) is 0 Å². The molecular weight excluding hydrogens is 248 g/mol. The Hall–Kier alpha value is -1.97. The number of rotatable bonds is 4. The molecule has 20 heavy (non-hydrogen) atoms. The third kappa shape index (κ3) is 2.95. The zero-order valence-electron chi connectivity index (χ0n) is 11.9. The van der Waals surface area contributed by atoms with Crippen LogP contribution in [0.15, 0.2) is 36.7 Å². The molecule has 3 rings (SSSR count). The fourth-order valence-electron chi connectivity index (χ4n) is 2.77. The molecule has 0 saturated heterocycles. The largest absolute Gasteiger partial charge is 0.354 e. The highest BCUT2D eigenvalue weighted by atomic mass is 15.2. The van der Waals surface area contributed by atoms with Crippen LogP contribution in [-0.4, -0.2) is 22.0 Å². The van der Waals surface area contributed by atoms with Gasteiger partial charge in [0.15, 0.2) is 0 Å². The van der Waals surface area contributed by atoms with E-state index in [0.717, 1.165) is 23.9 Å². The molecule has 4 heteroatoms. The van der Waals surface area contributed by atoms with Crippen molar-refractivity contribution in [3.8, 4) is 0 Å². The maximum Gasteiger partial charge on any atom is 0.133 e. The van der Waals surface area contributed by atoms with E-state index in [9.17, 15) is 0 Å². The first-order valence-corrected chi connectivity index (χ1v) is 7.27. The minimum atomic E-state index is 0.554. The first-order valence-electron chi connectivity index (χ1n) is 7.27. The van der Waals surface area contributed by atoms with Gasteiger partial charge in [-0.3, -0.25) is 4.98 Å². The molecule has 0 aliphatic heterocycles. The highest BCUT2D eigenvalue weighted by Crippen LogP contribution is 2.32. The normalized spacial score (nSPS) is 15.4. The van der Waals surface area contributed by atoms with Crippen molar-refractivity contribution in [2.24, 2.45) is 0 Å². The molecule has 0 bridgehead atoms. The molecule has 1 aliphatic rings. The van der Waals surface area contributed by atoms with Gasteiger partial charge in [-0.15, -0.1) is 0 Å². The van der Waals surface area contributed by atoms with E-state index in [4.69, 9.17) is 4.98 Å². The van der Waals surface area contributed by atoms with Crippen molar-refractivity contribution in [1.82, 2.24) is 15.0 Å². The summed E-state index contributed by atoms with van der Waals surface area (Å²) in [6.07, 6.45) is 8.78. The third-order valence-corrected chi connectivity index (χ3v) is 3.90. The van der Waals surface area contributed by atoms with Crippen molar-refractivity contribution in [2.45, 2.75) is 38.1 Å². The molecule has 1 saturated carbocycles. The quantitative estimate of drug-likeness (QED) is 0.854. The number of nitrogens with zero attached hydrogens (tertiary/aromatic N) is 4. The molecule has 0 radical (unpaired) electrons. The maximum absolute atomic E-state index is 4.74. The predicted octanol–water partition coefficient (Wildman–Crippen LogP) is 3.17. The Morgan fingerprint density at radius 1 is 1.10 bits per heavy atom. The van der Waals surface area contributed by atoms with Gasteiger partial charge >= 0.3 is 0 Å². The summed E-state index contributed by atoms with van der Waals surface area (Å²) in [7, 11) is 2.05. The number of hydrogen-bond acceptors (Lipinski definition) is 4. The standard InChI is InChI=1S/C16H20N4/c1-20(12-14-8-4-5-10-17-14)15-9-11-18-16(19-15)13-6-2-3-7-13/h4-5,8-11,13H,2-3,6-7,12H2,1H3. The van der Waals surface area contributed by atoms with E-state index in [1.807, 2.05) is 36.7 Å². The molecule has 0 unspecified atom stereocenters. The lowest BCUT2D eigenvalue weighted by Crippen LogP contribution is -2.19. The summed E-state index contributed by atoms with van der Waals surface area (Å²) >= 11 is 0. The van der Waals surface area contributed by atoms with Crippen LogP contribution < -0.4 is 4.90 Å². The molecule has 2 aromatic rings. The molecular formula is C16H20N4.